The minimum atomic E-state index is -0.970. The molecule has 0 saturated heterocycles. The predicted molar refractivity (Wildman–Crippen MR) is 74.0 cm³/mol. The molecular formula is C13H16BrNO4. The molecule has 104 valence electrons. The van der Waals surface area contributed by atoms with Crippen molar-refractivity contribution in [3.63, 3.8) is 0 Å². The molecule has 0 aliphatic heterocycles. The van der Waals surface area contributed by atoms with Gasteiger partial charge >= 0.3 is 5.97 Å². The second kappa shape index (κ2) is 7.13. The van der Waals surface area contributed by atoms with Gasteiger partial charge in [0.05, 0.1) is 17.5 Å². The maximum Gasteiger partial charge on any atom is 0.306 e. The Morgan fingerprint density at radius 2 is 2.16 bits per heavy atom. The molecule has 1 rings (SSSR count). The minimum Gasteiger partial charge on any atom is -0.496 e. The smallest absolute Gasteiger partial charge is 0.306 e. The lowest BCUT2D eigenvalue weighted by Gasteiger charge is -2.09. The second-order valence-corrected chi connectivity index (χ2v) is 5.04. The lowest BCUT2D eigenvalue weighted by atomic mass is 10.1. The molecular weight excluding hydrogens is 314 g/mol. The number of ether oxygens (including phenoxy) is 1. The summed E-state index contributed by atoms with van der Waals surface area (Å²) in [6.07, 6.45) is -0.0212. The van der Waals surface area contributed by atoms with Gasteiger partial charge in [-0.25, -0.2) is 0 Å². The molecule has 1 unspecified atom stereocenters. The number of benzene rings is 1. The maximum absolute atomic E-state index is 11.5. The first-order valence-electron chi connectivity index (χ1n) is 5.76. The summed E-state index contributed by atoms with van der Waals surface area (Å²) >= 11 is 3.36. The van der Waals surface area contributed by atoms with Crippen LogP contribution >= 0.6 is 15.9 Å². The third-order valence-electron chi connectivity index (χ3n) is 2.62. The molecule has 0 fully saturated rings. The van der Waals surface area contributed by atoms with Crippen LogP contribution in [0.1, 0.15) is 18.9 Å². The topological polar surface area (TPSA) is 75.6 Å². The van der Waals surface area contributed by atoms with Crippen molar-refractivity contribution in [3.8, 4) is 5.75 Å². The fourth-order valence-electron chi connectivity index (χ4n) is 1.46. The highest BCUT2D eigenvalue weighted by molar-refractivity contribution is 9.10. The Hall–Kier alpha value is -1.56. The van der Waals surface area contributed by atoms with E-state index < -0.39 is 11.9 Å². The molecule has 1 atom stereocenters. The van der Waals surface area contributed by atoms with Crippen LogP contribution in [0.15, 0.2) is 22.7 Å². The van der Waals surface area contributed by atoms with Crippen LogP contribution in [0.2, 0.25) is 0 Å². The summed E-state index contributed by atoms with van der Waals surface area (Å²) in [4.78, 5) is 22.2. The van der Waals surface area contributed by atoms with Gasteiger partial charge in [-0.3, -0.25) is 9.59 Å². The van der Waals surface area contributed by atoms with Crippen molar-refractivity contribution in [2.75, 3.05) is 7.11 Å². The molecule has 0 bridgehead atoms. The van der Waals surface area contributed by atoms with E-state index in [0.717, 1.165) is 15.8 Å². The number of nitrogens with one attached hydrogen (secondary N) is 1. The maximum atomic E-state index is 11.5. The standard InChI is InChI=1S/C13H16BrNO4/c1-8(13(17)18)5-12(16)15-7-9-3-4-11(19-2)10(14)6-9/h3-4,6,8H,5,7H2,1-2H3,(H,15,16)(H,17,18). The molecule has 5 nitrogen and oxygen atoms in total. The third-order valence-corrected chi connectivity index (χ3v) is 3.24. The molecule has 1 amide bonds. The monoisotopic (exact) mass is 329 g/mol. The van der Waals surface area contributed by atoms with Crippen LogP contribution in [0.5, 0.6) is 5.75 Å². The van der Waals surface area contributed by atoms with E-state index in [9.17, 15) is 9.59 Å². The van der Waals surface area contributed by atoms with Gasteiger partial charge in [0, 0.05) is 13.0 Å². The Bertz CT molecular complexity index is 476. The molecule has 6 heteroatoms. The first kappa shape index (κ1) is 15.5. The Morgan fingerprint density at radius 3 is 2.68 bits per heavy atom. The van der Waals surface area contributed by atoms with Gasteiger partial charge < -0.3 is 15.2 Å². The first-order chi connectivity index (χ1) is 8.93. The van der Waals surface area contributed by atoms with Gasteiger partial charge in [-0.05, 0) is 33.6 Å². The van der Waals surface area contributed by atoms with Gasteiger partial charge in [-0.2, -0.15) is 0 Å². The molecule has 0 heterocycles. The van der Waals surface area contributed by atoms with E-state index in [-0.39, 0.29) is 12.3 Å². The lowest BCUT2D eigenvalue weighted by Crippen LogP contribution is -2.26. The summed E-state index contributed by atoms with van der Waals surface area (Å²) in [6.45, 7) is 1.86. The first-order valence-corrected chi connectivity index (χ1v) is 6.55. The van der Waals surface area contributed by atoms with Crippen molar-refractivity contribution in [2.24, 2.45) is 5.92 Å². The Labute approximate surface area is 120 Å². The van der Waals surface area contributed by atoms with Crippen molar-refractivity contribution >= 4 is 27.8 Å². The van der Waals surface area contributed by atoms with Crippen molar-refractivity contribution in [3.05, 3.63) is 28.2 Å². The summed E-state index contributed by atoms with van der Waals surface area (Å²) in [7, 11) is 1.58. The van der Waals surface area contributed by atoms with Crippen LogP contribution in [-0.4, -0.2) is 24.1 Å². The van der Waals surface area contributed by atoms with Crippen LogP contribution in [0, 0.1) is 5.92 Å². The highest BCUT2D eigenvalue weighted by atomic mass is 79.9. The van der Waals surface area contributed by atoms with Crippen molar-refractivity contribution in [1.29, 1.82) is 0 Å². The van der Waals surface area contributed by atoms with E-state index in [4.69, 9.17) is 9.84 Å². The van der Waals surface area contributed by atoms with E-state index in [0.29, 0.717) is 6.54 Å². The van der Waals surface area contributed by atoms with E-state index in [1.807, 2.05) is 12.1 Å². The number of hydrogen-bond acceptors (Lipinski definition) is 3. The zero-order valence-electron chi connectivity index (χ0n) is 10.8. The zero-order valence-corrected chi connectivity index (χ0v) is 12.4. The van der Waals surface area contributed by atoms with Crippen molar-refractivity contribution in [1.82, 2.24) is 5.32 Å². The average molecular weight is 330 g/mol. The molecule has 19 heavy (non-hydrogen) atoms. The zero-order chi connectivity index (χ0) is 14.4. The van der Waals surface area contributed by atoms with E-state index in [2.05, 4.69) is 21.2 Å². The number of rotatable bonds is 6. The van der Waals surface area contributed by atoms with E-state index in [1.165, 1.54) is 6.92 Å². The Kier molecular flexibility index (Phi) is 5.82. The number of methoxy groups -OCH3 is 1. The number of hydrogen-bond donors (Lipinski definition) is 2. The lowest BCUT2D eigenvalue weighted by molar-refractivity contribution is -0.143. The Balaban J connectivity index is 2.50. The summed E-state index contributed by atoms with van der Waals surface area (Å²) in [5.74, 6) is -1.21. The van der Waals surface area contributed by atoms with Crippen LogP contribution in [-0.2, 0) is 16.1 Å². The molecule has 0 radical (unpaired) electrons. The van der Waals surface area contributed by atoms with E-state index in [1.54, 1.807) is 13.2 Å². The van der Waals surface area contributed by atoms with Crippen LogP contribution in [0.25, 0.3) is 0 Å². The largest absolute Gasteiger partial charge is 0.496 e. The number of amides is 1. The number of carboxylic acid groups (broad SMARTS) is 1. The molecule has 0 aliphatic carbocycles. The molecule has 1 aromatic carbocycles. The number of carbonyl (C=O) groups is 2. The molecule has 0 spiro atoms. The number of aliphatic carboxylic acids is 1. The van der Waals surface area contributed by atoms with Gasteiger partial charge in [0.1, 0.15) is 5.75 Å². The molecule has 0 aromatic heterocycles. The molecule has 1 aromatic rings. The van der Waals surface area contributed by atoms with Crippen LogP contribution in [0.3, 0.4) is 0 Å². The van der Waals surface area contributed by atoms with Gasteiger partial charge in [-0.15, -0.1) is 0 Å². The SMILES string of the molecule is COc1ccc(CNC(=O)CC(C)C(=O)O)cc1Br. The third kappa shape index (κ3) is 4.90. The second-order valence-electron chi connectivity index (χ2n) is 4.19. The van der Waals surface area contributed by atoms with Crippen LogP contribution in [0.4, 0.5) is 0 Å². The molecule has 0 aliphatic rings. The average Bonchev–Trinajstić information content (AvgIpc) is 2.36. The summed E-state index contributed by atoms with van der Waals surface area (Å²) in [5.41, 5.74) is 0.906. The summed E-state index contributed by atoms with van der Waals surface area (Å²) in [6, 6.07) is 5.48. The highest BCUT2D eigenvalue weighted by Crippen LogP contribution is 2.25. The molecule has 2 N–H and O–H groups in total. The molecule has 0 saturated carbocycles. The highest BCUT2D eigenvalue weighted by Gasteiger charge is 2.15. The van der Waals surface area contributed by atoms with Crippen molar-refractivity contribution < 1.29 is 19.4 Å². The quantitative estimate of drug-likeness (QED) is 0.838. The number of carbonyl (C=O) groups excluding carboxylic acids is 1. The van der Waals surface area contributed by atoms with Crippen LogP contribution < -0.4 is 10.1 Å². The fraction of sp³-hybridized carbons (Fsp3) is 0.385. The normalized spacial score (nSPS) is 11.7. The van der Waals surface area contributed by atoms with Gasteiger partial charge in [0.25, 0.3) is 0 Å². The summed E-state index contributed by atoms with van der Waals surface area (Å²) in [5, 5.41) is 11.4. The van der Waals surface area contributed by atoms with Gasteiger partial charge in [-0.1, -0.05) is 13.0 Å². The summed E-state index contributed by atoms with van der Waals surface area (Å²) < 4.78 is 5.91. The van der Waals surface area contributed by atoms with Crippen molar-refractivity contribution in [2.45, 2.75) is 19.9 Å². The number of halogens is 1. The Morgan fingerprint density at radius 1 is 1.47 bits per heavy atom. The fourth-order valence-corrected chi connectivity index (χ4v) is 2.05. The number of carboxylic acids is 1. The minimum absolute atomic E-state index is 0.0212. The van der Waals surface area contributed by atoms with Gasteiger partial charge in [0.15, 0.2) is 0 Å². The predicted octanol–water partition coefficient (Wildman–Crippen LogP) is 2.18. The van der Waals surface area contributed by atoms with E-state index >= 15 is 0 Å². The van der Waals surface area contributed by atoms with Gasteiger partial charge in [0.2, 0.25) is 5.91 Å².